The second-order valence-corrected chi connectivity index (χ2v) is 16.9. The van der Waals surface area contributed by atoms with Crippen molar-refractivity contribution in [2.24, 2.45) is 0 Å². The maximum Gasteiger partial charge on any atom is 0.0547 e. The number of aromatic nitrogens is 2. The van der Waals surface area contributed by atoms with Gasteiger partial charge in [-0.05, 0) is 156 Å². The molecule has 0 spiro atoms. The molecule has 0 amide bonds. The molecule has 0 N–H and O–H groups in total. The summed E-state index contributed by atoms with van der Waals surface area (Å²) in [6, 6.07) is 81.1. The number of benzene rings is 11. The number of hydrogen-bond acceptors (Lipinski definition) is 0. The smallest absolute Gasteiger partial charge is 0.0547 e. The highest BCUT2D eigenvalue weighted by Gasteiger charge is 2.23. The Morgan fingerprint density at radius 1 is 0.226 bits per heavy atom. The highest BCUT2D eigenvalue weighted by atomic mass is 15.0. The summed E-state index contributed by atoms with van der Waals surface area (Å²) in [5, 5.41) is 12.7. The molecular formula is C60H36N2. The summed E-state index contributed by atoms with van der Waals surface area (Å²) in [6.07, 6.45) is 0. The third-order valence-electron chi connectivity index (χ3n) is 13.6. The topological polar surface area (TPSA) is 9.86 Å². The zero-order chi connectivity index (χ0) is 40.5. The van der Waals surface area contributed by atoms with Gasteiger partial charge in [-0.2, -0.15) is 0 Å². The zero-order valence-corrected chi connectivity index (χ0v) is 33.7. The molecule has 11 aromatic carbocycles. The fourth-order valence-corrected chi connectivity index (χ4v) is 10.8. The number of para-hydroxylation sites is 1. The van der Waals surface area contributed by atoms with Crippen LogP contribution in [-0.4, -0.2) is 9.13 Å². The van der Waals surface area contributed by atoms with E-state index in [9.17, 15) is 0 Å². The van der Waals surface area contributed by atoms with Gasteiger partial charge in [0.1, 0.15) is 0 Å². The molecule has 0 atom stereocenters. The van der Waals surface area contributed by atoms with E-state index in [1.54, 1.807) is 0 Å². The van der Waals surface area contributed by atoms with Crippen molar-refractivity contribution in [3.63, 3.8) is 0 Å². The third-order valence-corrected chi connectivity index (χ3v) is 13.6. The van der Waals surface area contributed by atoms with Gasteiger partial charge in [-0.25, -0.2) is 0 Å². The summed E-state index contributed by atoms with van der Waals surface area (Å²) < 4.78 is 4.89. The fourth-order valence-electron chi connectivity index (χ4n) is 10.8. The Balaban J connectivity index is 0.972. The molecular weight excluding hydrogens is 749 g/mol. The van der Waals surface area contributed by atoms with Gasteiger partial charge in [0.05, 0.1) is 22.1 Å². The van der Waals surface area contributed by atoms with Gasteiger partial charge in [0.15, 0.2) is 0 Å². The third kappa shape index (κ3) is 4.75. The van der Waals surface area contributed by atoms with Crippen molar-refractivity contribution in [3.05, 3.63) is 218 Å². The molecule has 0 aliphatic heterocycles. The van der Waals surface area contributed by atoms with Gasteiger partial charge in [0, 0.05) is 32.9 Å². The van der Waals surface area contributed by atoms with Crippen LogP contribution < -0.4 is 0 Å². The zero-order valence-electron chi connectivity index (χ0n) is 33.7. The van der Waals surface area contributed by atoms with E-state index in [1.807, 2.05) is 0 Å². The molecule has 2 aromatic heterocycles. The molecule has 2 nitrogen and oxygen atoms in total. The standard InChI is InChI=1S/C60H36N2/c1-2-17-45(18-3-1)61-56-28-26-42(34-54(56)60-47-20-7-6-12-37(47)24-29-57(60)61)41-25-27-55-51(33-41)52-32-39-13-4-5-14-40(39)36-58(52)62(55)46-19-10-15-38(31-46)44-30-43-16-11-23-50-48-21-8-9-22-49(48)53(35-44)59(43)50/h1-36H. The van der Waals surface area contributed by atoms with E-state index in [2.05, 4.69) is 228 Å². The summed E-state index contributed by atoms with van der Waals surface area (Å²) >= 11 is 0. The van der Waals surface area contributed by atoms with Crippen molar-refractivity contribution in [1.29, 1.82) is 0 Å². The van der Waals surface area contributed by atoms with Crippen LogP contribution in [0, 0.1) is 0 Å². The van der Waals surface area contributed by atoms with E-state index >= 15 is 0 Å². The Labute approximate surface area is 357 Å². The fraction of sp³-hybridized carbons (Fsp3) is 0. The molecule has 0 radical (unpaired) electrons. The largest absolute Gasteiger partial charge is 0.309 e. The van der Waals surface area contributed by atoms with Crippen LogP contribution in [0.25, 0.3) is 132 Å². The van der Waals surface area contributed by atoms with Crippen LogP contribution in [0.3, 0.4) is 0 Å². The molecule has 0 unspecified atom stereocenters. The first-order valence-corrected chi connectivity index (χ1v) is 21.5. The normalized spacial score (nSPS) is 12.2. The van der Waals surface area contributed by atoms with Crippen LogP contribution in [0.4, 0.5) is 0 Å². The molecule has 1 aliphatic carbocycles. The van der Waals surface area contributed by atoms with Crippen LogP contribution in [0.5, 0.6) is 0 Å². The summed E-state index contributed by atoms with van der Waals surface area (Å²) in [5.74, 6) is 0. The SMILES string of the molecule is c1ccc(-n2c3ccc(-c4ccc5c(c4)c4cc6ccccc6cc4n5-c4cccc(-c5cc6c7c(cccc7c5)-c5ccccc5-6)c4)cc3c3c4ccccc4ccc32)cc1. The van der Waals surface area contributed by atoms with Gasteiger partial charge in [0.25, 0.3) is 0 Å². The first-order chi connectivity index (χ1) is 30.7. The molecule has 2 heterocycles. The Bertz CT molecular complexity index is 4030. The highest BCUT2D eigenvalue weighted by Crippen LogP contribution is 2.49. The van der Waals surface area contributed by atoms with Gasteiger partial charge >= 0.3 is 0 Å². The first-order valence-electron chi connectivity index (χ1n) is 21.5. The Hall–Kier alpha value is -8.20. The predicted molar refractivity (Wildman–Crippen MR) is 263 cm³/mol. The Morgan fingerprint density at radius 2 is 0.806 bits per heavy atom. The van der Waals surface area contributed by atoms with Gasteiger partial charge in [0.2, 0.25) is 0 Å². The lowest BCUT2D eigenvalue weighted by molar-refractivity contribution is 1.18. The Kier molecular flexibility index (Phi) is 6.86. The van der Waals surface area contributed by atoms with Crippen LogP contribution in [0.1, 0.15) is 0 Å². The molecule has 0 saturated carbocycles. The van der Waals surface area contributed by atoms with Crippen molar-refractivity contribution in [1.82, 2.24) is 9.13 Å². The molecule has 0 bridgehead atoms. The second kappa shape index (κ2) is 12.7. The number of nitrogens with zero attached hydrogens (tertiary/aromatic N) is 2. The van der Waals surface area contributed by atoms with E-state index in [0.29, 0.717) is 0 Å². The highest BCUT2D eigenvalue weighted by molar-refractivity contribution is 6.22. The van der Waals surface area contributed by atoms with Gasteiger partial charge in [-0.15, -0.1) is 0 Å². The van der Waals surface area contributed by atoms with Gasteiger partial charge in [-0.1, -0.05) is 140 Å². The van der Waals surface area contributed by atoms with E-state index in [1.165, 1.54) is 126 Å². The van der Waals surface area contributed by atoms with Crippen molar-refractivity contribution in [2.45, 2.75) is 0 Å². The second-order valence-electron chi connectivity index (χ2n) is 16.9. The Morgan fingerprint density at radius 3 is 1.65 bits per heavy atom. The summed E-state index contributed by atoms with van der Waals surface area (Å²) in [7, 11) is 0. The van der Waals surface area contributed by atoms with Crippen molar-refractivity contribution >= 4 is 75.9 Å². The van der Waals surface area contributed by atoms with Crippen molar-refractivity contribution < 1.29 is 0 Å². The first kappa shape index (κ1) is 33.6. The summed E-state index contributed by atoms with van der Waals surface area (Å²) in [4.78, 5) is 0. The lowest BCUT2D eigenvalue weighted by Crippen LogP contribution is -1.95. The summed E-state index contributed by atoms with van der Waals surface area (Å²) in [6.45, 7) is 0. The minimum atomic E-state index is 1.15. The summed E-state index contributed by atoms with van der Waals surface area (Å²) in [5.41, 5.74) is 17.3. The van der Waals surface area contributed by atoms with E-state index in [0.717, 1.165) is 5.69 Å². The molecule has 14 rings (SSSR count). The number of fused-ring (bicyclic) bond motifs is 12. The minimum Gasteiger partial charge on any atom is -0.309 e. The maximum absolute atomic E-state index is 2.47. The van der Waals surface area contributed by atoms with Crippen molar-refractivity contribution in [2.75, 3.05) is 0 Å². The molecule has 286 valence electrons. The number of hydrogen-bond donors (Lipinski definition) is 0. The van der Waals surface area contributed by atoms with Crippen molar-refractivity contribution in [3.8, 4) is 55.9 Å². The van der Waals surface area contributed by atoms with Gasteiger partial charge < -0.3 is 9.13 Å². The molecule has 62 heavy (non-hydrogen) atoms. The lowest BCUT2D eigenvalue weighted by Gasteiger charge is -2.13. The quantitative estimate of drug-likeness (QED) is 0.168. The monoisotopic (exact) mass is 784 g/mol. The lowest BCUT2D eigenvalue weighted by atomic mass is 9.96. The van der Waals surface area contributed by atoms with E-state index in [4.69, 9.17) is 0 Å². The minimum absolute atomic E-state index is 1.15. The van der Waals surface area contributed by atoms with Crippen LogP contribution in [0.15, 0.2) is 218 Å². The van der Waals surface area contributed by atoms with Crippen LogP contribution in [0.2, 0.25) is 0 Å². The van der Waals surface area contributed by atoms with Crippen LogP contribution >= 0.6 is 0 Å². The predicted octanol–water partition coefficient (Wildman–Crippen LogP) is 16.3. The molecule has 0 fully saturated rings. The molecule has 2 heteroatoms. The number of rotatable bonds is 4. The molecule has 0 saturated heterocycles. The molecule has 13 aromatic rings. The average Bonchev–Trinajstić information content (AvgIpc) is 3.96. The average molecular weight is 785 g/mol. The van der Waals surface area contributed by atoms with Gasteiger partial charge in [-0.3, -0.25) is 0 Å². The van der Waals surface area contributed by atoms with E-state index < -0.39 is 0 Å². The van der Waals surface area contributed by atoms with Crippen LogP contribution in [-0.2, 0) is 0 Å². The molecule has 1 aliphatic rings. The maximum atomic E-state index is 2.47. The van der Waals surface area contributed by atoms with E-state index in [-0.39, 0.29) is 0 Å².